The van der Waals surface area contributed by atoms with Crippen LogP contribution in [0.1, 0.15) is 49.9 Å². The minimum atomic E-state index is -0.807. The first-order valence-corrected chi connectivity index (χ1v) is 8.15. The summed E-state index contributed by atoms with van der Waals surface area (Å²) in [7, 11) is 0. The Bertz CT molecular complexity index is 504. The van der Waals surface area contributed by atoms with Crippen LogP contribution in [0.5, 0.6) is 0 Å². The van der Waals surface area contributed by atoms with Gasteiger partial charge in [-0.3, -0.25) is 4.79 Å². The van der Waals surface area contributed by atoms with E-state index in [0.29, 0.717) is 11.0 Å². The van der Waals surface area contributed by atoms with Gasteiger partial charge in [0.2, 0.25) is 0 Å². The summed E-state index contributed by atoms with van der Waals surface area (Å²) < 4.78 is 28.4. The normalized spacial score (nSPS) is 15.7. The van der Waals surface area contributed by atoms with E-state index in [-0.39, 0.29) is 12.0 Å². The van der Waals surface area contributed by atoms with Crippen molar-refractivity contribution in [1.29, 1.82) is 0 Å². The van der Waals surface area contributed by atoms with Crippen molar-refractivity contribution in [1.82, 2.24) is 4.90 Å². The zero-order chi connectivity index (χ0) is 15.6. The van der Waals surface area contributed by atoms with E-state index >= 15 is 0 Å². The summed E-state index contributed by atoms with van der Waals surface area (Å²) in [4.78, 5) is 14.3. The zero-order valence-electron chi connectivity index (χ0n) is 12.3. The lowest BCUT2D eigenvalue weighted by molar-refractivity contribution is 0.0645. The van der Waals surface area contributed by atoms with Crippen LogP contribution in [0, 0.1) is 17.6 Å². The molecular weight excluding hydrogens is 340 g/mol. The van der Waals surface area contributed by atoms with E-state index < -0.39 is 23.1 Å². The summed E-state index contributed by atoms with van der Waals surface area (Å²) in [6.45, 7) is 4.53. The average molecular weight is 360 g/mol. The zero-order valence-corrected chi connectivity index (χ0v) is 13.9. The summed E-state index contributed by atoms with van der Waals surface area (Å²) in [5.74, 6) is -1.88. The Balaban J connectivity index is 2.33. The van der Waals surface area contributed by atoms with Crippen LogP contribution in [0.4, 0.5) is 8.78 Å². The molecule has 1 aliphatic rings. The molecule has 0 atom stereocenters. The fraction of sp³-hybridized carbons (Fsp3) is 0.562. The second kappa shape index (κ2) is 6.86. The third-order valence-corrected chi connectivity index (χ3v) is 4.27. The molecule has 1 fully saturated rings. The number of nitrogens with zero attached hydrogens (tertiary/aromatic N) is 1. The molecule has 1 aromatic carbocycles. The van der Waals surface area contributed by atoms with Crippen molar-refractivity contribution in [2.24, 2.45) is 5.92 Å². The molecule has 1 aliphatic carbocycles. The molecule has 0 radical (unpaired) electrons. The Labute approximate surface area is 132 Å². The van der Waals surface area contributed by atoms with E-state index in [2.05, 4.69) is 15.9 Å². The predicted octanol–water partition coefficient (Wildman–Crippen LogP) is 4.77. The van der Waals surface area contributed by atoms with Gasteiger partial charge in [0.15, 0.2) is 0 Å². The largest absolute Gasteiger partial charge is 0.335 e. The maximum absolute atomic E-state index is 14.0. The van der Waals surface area contributed by atoms with Gasteiger partial charge in [-0.05, 0) is 30.9 Å². The molecular formula is C16H20BrF2NO. The molecule has 1 saturated carbocycles. The van der Waals surface area contributed by atoms with Crippen molar-refractivity contribution >= 4 is 21.8 Å². The second-order valence-electron chi connectivity index (χ2n) is 6.03. The van der Waals surface area contributed by atoms with Crippen LogP contribution in [-0.4, -0.2) is 23.4 Å². The highest BCUT2D eigenvalue weighted by molar-refractivity contribution is 9.10. The molecule has 21 heavy (non-hydrogen) atoms. The van der Waals surface area contributed by atoms with Crippen molar-refractivity contribution in [2.75, 3.05) is 6.54 Å². The van der Waals surface area contributed by atoms with Crippen molar-refractivity contribution < 1.29 is 13.6 Å². The molecule has 0 N–H and O–H groups in total. The third kappa shape index (κ3) is 3.82. The molecule has 0 saturated heterocycles. The van der Waals surface area contributed by atoms with E-state index in [1.165, 1.54) is 0 Å². The highest BCUT2D eigenvalue weighted by atomic mass is 79.9. The summed E-state index contributed by atoms with van der Waals surface area (Å²) in [6.07, 6.45) is 3.96. The predicted molar refractivity (Wildman–Crippen MR) is 82.2 cm³/mol. The van der Waals surface area contributed by atoms with E-state index in [9.17, 15) is 13.6 Å². The van der Waals surface area contributed by atoms with E-state index in [1.54, 1.807) is 4.90 Å². The van der Waals surface area contributed by atoms with E-state index in [0.717, 1.165) is 37.8 Å². The van der Waals surface area contributed by atoms with Gasteiger partial charge in [0.1, 0.15) is 17.2 Å². The lowest BCUT2D eigenvalue weighted by Gasteiger charge is -2.31. The van der Waals surface area contributed by atoms with E-state index in [1.807, 2.05) is 13.8 Å². The summed E-state index contributed by atoms with van der Waals surface area (Å²) in [5.41, 5.74) is -0.439. The molecule has 0 aliphatic heterocycles. The summed E-state index contributed by atoms with van der Waals surface area (Å²) >= 11 is 3.03. The number of hydrogen-bond acceptors (Lipinski definition) is 1. The highest BCUT2D eigenvalue weighted by Gasteiger charge is 2.31. The van der Waals surface area contributed by atoms with Gasteiger partial charge in [-0.1, -0.05) is 42.6 Å². The maximum atomic E-state index is 14.0. The standard InChI is InChI=1S/C16H20BrF2NO/c1-10(2)9-20(12-5-3-4-6-12)16(21)15-13(18)7-11(17)8-14(15)19/h7-8,10,12H,3-6,9H2,1-2H3. The lowest BCUT2D eigenvalue weighted by atomic mass is 10.1. The SMILES string of the molecule is CC(C)CN(C(=O)c1c(F)cc(Br)cc1F)C1CCCC1. The first kappa shape index (κ1) is 16.4. The van der Waals surface area contributed by atoms with Crippen molar-refractivity contribution in [3.05, 3.63) is 33.8 Å². The van der Waals surface area contributed by atoms with Crippen molar-refractivity contribution in [2.45, 2.75) is 45.6 Å². The van der Waals surface area contributed by atoms with Crippen LogP contribution in [0.25, 0.3) is 0 Å². The highest BCUT2D eigenvalue weighted by Crippen LogP contribution is 2.28. The van der Waals surface area contributed by atoms with Gasteiger partial charge in [0.05, 0.1) is 0 Å². The van der Waals surface area contributed by atoms with Crippen LogP contribution >= 0.6 is 15.9 Å². The maximum Gasteiger partial charge on any atom is 0.260 e. The molecule has 0 spiro atoms. The van der Waals surface area contributed by atoms with Gasteiger partial charge < -0.3 is 4.90 Å². The number of halogens is 3. The molecule has 116 valence electrons. The summed E-state index contributed by atoms with van der Waals surface area (Å²) in [6, 6.07) is 2.37. The Morgan fingerprint density at radius 3 is 2.29 bits per heavy atom. The molecule has 5 heteroatoms. The number of amides is 1. The second-order valence-corrected chi connectivity index (χ2v) is 6.95. The fourth-order valence-electron chi connectivity index (χ4n) is 2.90. The Morgan fingerprint density at radius 2 is 1.81 bits per heavy atom. The van der Waals surface area contributed by atoms with Crippen LogP contribution in [0.15, 0.2) is 16.6 Å². The number of carbonyl (C=O) groups excluding carboxylic acids is 1. The molecule has 0 aromatic heterocycles. The van der Waals surface area contributed by atoms with Crippen LogP contribution in [0.2, 0.25) is 0 Å². The van der Waals surface area contributed by atoms with Crippen molar-refractivity contribution in [3.8, 4) is 0 Å². The molecule has 1 amide bonds. The van der Waals surface area contributed by atoms with Gasteiger partial charge in [-0.15, -0.1) is 0 Å². The number of carbonyl (C=O) groups is 1. The monoisotopic (exact) mass is 359 g/mol. The smallest absolute Gasteiger partial charge is 0.260 e. The molecule has 1 aromatic rings. The molecule has 0 heterocycles. The molecule has 2 nitrogen and oxygen atoms in total. The fourth-order valence-corrected chi connectivity index (χ4v) is 3.30. The van der Waals surface area contributed by atoms with Crippen molar-refractivity contribution in [3.63, 3.8) is 0 Å². The number of hydrogen-bond donors (Lipinski definition) is 0. The third-order valence-electron chi connectivity index (χ3n) is 3.81. The Hall–Kier alpha value is -0.970. The van der Waals surface area contributed by atoms with Crippen LogP contribution < -0.4 is 0 Å². The van der Waals surface area contributed by atoms with Gasteiger partial charge >= 0.3 is 0 Å². The van der Waals surface area contributed by atoms with Crippen LogP contribution in [-0.2, 0) is 0 Å². The Kier molecular flexibility index (Phi) is 5.36. The minimum absolute atomic E-state index is 0.0994. The summed E-state index contributed by atoms with van der Waals surface area (Å²) in [5, 5.41) is 0. The van der Waals surface area contributed by atoms with Gasteiger partial charge in [0.25, 0.3) is 5.91 Å². The topological polar surface area (TPSA) is 20.3 Å². The van der Waals surface area contributed by atoms with Gasteiger partial charge in [-0.25, -0.2) is 8.78 Å². The van der Waals surface area contributed by atoms with E-state index in [4.69, 9.17) is 0 Å². The number of rotatable bonds is 4. The minimum Gasteiger partial charge on any atom is -0.335 e. The average Bonchev–Trinajstić information content (AvgIpc) is 2.87. The first-order valence-electron chi connectivity index (χ1n) is 7.35. The first-order chi connectivity index (χ1) is 9.90. The molecule has 0 unspecified atom stereocenters. The van der Waals surface area contributed by atoms with Crippen LogP contribution in [0.3, 0.4) is 0 Å². The number of benzene rings is 1. The quantitative estimate of drug-likeness (QED) is 0.758. The van der Waals surface area contributed by atoms with Gasteiger partial charge in [0, 0.05) is 17.1 Å². The lowest BCUT2D eigenvalue weighted by Crippen LogP contribution is -2.42. The van der Waals surface area contributed by atoms with Gasteiger partial charge in [-0.2, -0.15) is 0 Å². The molecule has 0 bridgehead atoms. The molecule has 2 rings (SSSR count). The Morgan fingerprint density at radius 1 is 1.29 bits per heavy atom.